The van der Waals surface area contributed by atoms with Crippen LogP contribution in [0.3, 0.4) is 0 Å². The van der Waals surface area contributed by atoms with E-state index in [1.54, 1.807) is 24.1 Å². The smallest absolute Gasteiger partial charge is 0.254 e. The molecule has 31 heavy (non-hydrogen) atoms. The minimum atomic E-state index is -0.832. The number of hydrogen-bond donors (Lipinski definition) is 1. The summed E-state index contributed by atoms with van der Waals surface area (Å²) in [5, 5.41) is 4.14. The van der Waals surface area contributed by atoms with Crippen molar-refractivity contribution >= 4 is 28.3 Å². The number of carbonyl (C=O) groups excluding carboxylic acids is 2. The average Bonchev–Trinajstić information content (AvgIpc) is 2.79. The van der Waals surface area contributed by atoms with Crippen LogP contribution >= 0.6 is 0 Å². The SMILES string of the molecule is COc1ccc(C(=O)N2CCC[C@@H](C(=O)Nc3ccc(F)cc3F)C2)c2ccccc12. The maximum atomic E-state index is 13.9. The van der Waals surface area contributed by atoms with Crippen LogP contribution in [0.2, 0.25) is 0 Å². The van der Waals surface area contributed by atoms with Crippen molar-refractivity contribution in [3.05, 3.63) is 71.8 Å². The zero-order valence-electron chi connectivity index (χ0n) is 17.0. The summed E-state index contributed by atoms with van der Waals surface area (Å²) in [4.78, 5) is 27.6. The largest absolute Gasteiger partial charge is 0.496 e. The first-order chi connectivity index (χ1) is 15.0. The number of rotatable bonds is 4. The molecule has 160 valence electrons. The molecular weight excluding hydrogens is 402 g/mol. The fraction of sp³-hybridized carbons (Fsp3) is 0.250. The van der Waals surface area contributed by atoms with Crippen LogP contribution in [-0.4, -0.2) is 36.9 Å². The van der Waals surface area contributed by atoms with Crippen molar-refractivity contribution in [2.75, 3.05) is 25.5 Å². The molecule has 0 saturated carbocycles. The van der Waals surface area contributed by atoms with Crippen LogP contribution in [-0.2, 0) is 4.79 Å². The molecule has 0 bridgehead atoms. The van der Waals surface area contributed by atoms with Crippen LogP contribution in [0.15, 0.2) is 54.6 Å². The molecule has 1 atom stereocenters. The molecule has 3 aromatic rings. The van der Waals surface area contributed by atoms with Crippen molar-refractivity contribution in [1.29, 1.82) is 0 Å². The fourth-order valence-electron chi connectivity index (χ4n) is 4.01. The molecule has 2 amide bonds. The number of ether oxygens (including phenoxy) is 1. The van der Waals surface area contributed by atoms with Crippen LogP contribution < -0.4 is 10.1 Å². The van der Waals surface area contributed by atoms with Gasteiger partial charge in [-0.25, -0.2) is 8.78 Å². The number of carbonyl (C=O) groups is 2. The summed E-state index contributed by atoms with van der Waals surface area (Å²) in [6, 6.07) is 14.0. The van der Waals surface area contributed by atoms with E-state index < -0.39 is 17.6 Å². The van der Waals surface area contributed by atoms with Crippen molar-refractivity contribution in [2.24, 2.45) is 5.92 Å². The number of hydrogen-bond acceptors (Lipinski definition) is 3. The van der Waals surface area contributed by atoms with Gasteiger partial charge in [0.1, 0.15) is 17.4 Å². The highest BCUT2D eigenvalue weighted by molar-refractivity contribution is 6.08. The van der Waals surface area contributed by atoms with Crippen LogP contribution in [0.25, 0.3) is 10.8 Å². The van der Waals surface area contributed by atoms with Gasteiger partial charge in [-0.3, -0.25) is 9.59 Å². The van der Waals surface area contributed by atoms with Crippen LogP contribution in [0.1, 0.15) is 23.2 Å². The lowest BCUT2D eigenvalue weighted by Gasteiger charge is -2.32. The van der Waals surface area contributed by atoms with Crippen LogP contribution in [0, 0.1) is 17.6 Å². The molecule has 1 heterocycles. The number of anilines is 1. The molecule has 0 unspecified atom stereocenters. The Balaban J connectivity index is 1.53. The first-order valence-corrected chi connectivity index (χ1v) is 10.1. The molecular formula is C24H22F2N2O3. The Bertz CT molecular complexity index is 1150. The van der Waals surface area contributed by atoms with Gasteiger partial charge < -0.3 is 15.0 Å². The first kappa shape index (κ1) is 20.8. The lowest BCUT2D eigenvalue weighted by atomic mass is 9.95. The maximum absolute atomic E-state index is 13.9. The molecule has 1 fully saturated rings. The highest BCUT2D eigenvalue weighted by Crippen LogP contribution is 2.30. The molecule has 0 radical (unpaired) electrons. The first-order valence-electron chi connectivity index (χ1n) is 10.1. The molecule has 5 nitrogen and oxygen atoms in total. The minimum Gasteiger partial charge on any atom is -0.496 e. The summed E-state index contributed by atoms with van der Waals surface area (Å²) in [5.41, 5.74) is 0.470. The van der Waals surface area contributed by atoms with Gasteiger partial charge >= 0.3 is 0 Å². The molecule has 0 spiro atoms. The van der Waals surface area contributed by atoms with E-state index in [4.69, 9.17) is 4.74 Å². The Morgan fingerprint density at radius 3 is 2.58 bits per heavy atom. The minimum absolute atomic E-state index is 0.0731. The molecule has 0 aliphatic carbocycles. The standard InChI is InChI=1S/C24H22F2N2O3/c1-31-22-11-9-19(17-6-2-3-7-18(17)22)24(30)28-12-4-5-15(14-28)23(29)27-21-10-8-16(25)13-20(21)26/h2-3,6-11,13,15H,4-5,12,14H2,1H3,(H,27,29)/t15-/m1/s1. The van der Waals surface area contributed by atoms with E-state index in [1.807, 2.05) is 24.3 Å². The second kappa shape index (κ2) is 8.71. The Hall–Kier alpha value is -3.48. The van der Waals surface area contributed by atoms with Crippen molar-refractivity contribution in [2.45, 2.75) is 12.8 Å². The summed E-state index contributed by atoms with van der Waals surface area (Å²) in [6.07, 6.45) is 1.24. The zero-order chi connectivity index (χ0) is 22.0. The van der Waals surface area contributed by atoms with E-state index in [0.29, 0.717) is 30.7 Å². The molecule has 0 aromatic heterocycles. The van der Waals surface area contributed by atoms with Gasteiger partial charge in [0.15, 0.2) is 0 Å². The number of likely N-dealkylation sites (tertiary alicyclic amines) is 1. The summed E-state index contributed by atoms with van der Waals surface area (Å²) in [5.74, 6) is -1.89. The number of nitrogens with zero attached hydrogens (tertiary/aromatic N) is 1. The van der Waals surface area contributed by atoms with Gasteiger partial charge in [-0.15, -0.1) is 0 Å². The Morgan fingerprint density at radius 2 is 1.84 bits per heavy atom. The van der Waals surface area contributed by atoms with Gasteiger partial charge in [0.2, 0.25) is 5.91 Å². The third-order valence-corrected chi connectivity index (χ3v) is 5.60. The Labute approximate surface area is 178 Å². The normalized spacial score (nSPS) is 16.2. The van der Waals surface area contributed by atoms with Crippen LogP contribution in [0.4, 0.5) is 14.5 Å². The lowest BCUT2D eigenvalue weighted by molar-refractivity contribution is -0.121. The molecule has 1 aliphatic rings. The van der Waals surface area contributed by atoms with E-state index in [0.717, 1.165) is 22.9 Å². The predicted molar refractivity (Wildman–Crippen MR) is 114 cm³/mol. The van der Waals surface area contributed by atoms with Gasteiger partial charge in [-0.05, 0) is 42.5 Å². The topological polar surface area (TPSA) is 58.6 Å². The number of halogens is 2. The second-order valence-corrected chi connectivity index (χ2v) is 7.56. The Morgan fingerprint density at radius 1 is 1.06 bits per heavy atom. The Kier molecular flexibility index (Phi) is 5.84. The zero-order valence-corrected chi connectivity index (χ0v) is 17.0. The molecule has 3 aromatic carbocycles. The highest BCUT2D eigenvalue weighted by atomic mass is 19.1. The summed E-state index contributed by atoms with van der Waals surface area (Å²) in [6.45, 7) is 0.766. The summed E-state index contributed by atoms with van der Waals surface area (Å²) >= 11 is 0. The maximum Gasteiger partial charge on any atom is 0.254 e. The van der Waals surface area contributed by atoms with Gasteiger partial charge in [0.05, 0.1) is 18.7 Å². The number of methoxy groups -OCH3 is 1. The summed E-state index contributed by atoms with van der Waals surface area (Å²) in [7, 11) is 1.58. The van der Waals surface area contributed by atoms with Crippen molar-refractivity contribution in [3.63, 3.8) is 0 Å². The van der Waals surface area contributed by atoms with E-state index in [-0.39, 0.29) is 24.0 Å². The number of piperidine rings is 1. The van der Waals surface area contributed by atoms with Gasteiger partial charge in [-0.1, -0.05) is 24.3 Å². The van der Waals surface area contributed by atoms with E-state index >= 15 is 0 Å². The predicted octanol–water partition coefficient (Wildman–Crippen LogP) is 4.62. The number of fused-ring (bicyclic) bond motifs is 1. The monoisotopic (exact) mass is 424 g/mol. The molecule has 1 N–H and O–H groups in total. The van der Waals surface area contributed by atoms with Gasteiger partial charge in [-0.2, -0.15) is 0 Å². The summed E-state index contributed by atoms with van der Waals surface area (Å²) < 4.78 is 32.4. The van der Waals surface area contributed by atoms with E-state index in [9.17, 15) is 18.4 Å². The van der Waals surface area contributed by atoms with Crippen molar-refractivity contribution in [3.8, 4) is 5.75 Å². The molecule has 4 rings (SSSR count). The van der Waals surface area contributed by atoms with Crippen LogP contribution in [0.5, 0.6) is 5.75 Å². The third kappa shape index (κ3) is 4.21. The third-order valence-electron chi connectivity index (χ3n) is 5.60. The van der Waals surface area contributed by atoms with Gasteiger partial charge in [0, 0.05) is 30.1 Å². The van der Waals surface area contributed by atoms with E-state index in [2.05, 4.69) is 5.32 Å². The highest BCUT2D eigenvalue weighted by Gasteiger charge is 2.30. The quantitative estimate of drug-likeness (QED) is 0.665. The fourth-order valence-corrected chi connectivity index (χ4v) is 4.01. The number of amides is 2. The van der Waals surface area contributed by atoms with E-state index in [1.165, 1.54) is 6.07 Å². The van der Waals surface area contributed by atoms with Crippen molar-refractivity contribution < 1.29 is 23.1 Å². The number of benzene rings is 3. The molecule has 1 saturated heterocycles. The number of nitrogens with one attached hydrogen (secondary N) is 1. The molecule has 7 heteroatoms. The lowest BCUT2D eigenvalue weighted by Crippen LogP contribution is -2.43. The molecule has 1 aliphatic heterocycles. The second-order valence-electron chi connectivity index (χ2n) is 7.56. The van der Waals surface area contributed by atoms with Crippen molar-refractivity contribution in [1.82, 2.24) is 4.90 Å². The van der Waals surface area contributed by atoms with Gasteiger partial charge in [0.25, 0.3) is 5.91 Å². The average molecular weight is 424 g/mol.